The molecule has 90 valence electrons. The summed E-state index contributed by atoms with van der Waals surface area (Å²) >= 11 is 2.08. The van der Waals surface area contributed by atoms with Gasteiger partial charge < -0.3 is 4.74 Å². The summed E-state index contributed by atoms with van der Waals surface area (Å²) in [6.07, 6.45) is 5.93. The molecule has 3 atom stereocenters. The van der Waals surface area contributed by atoms with E-state index in [9.17, 15) is 5.26 Å². The molecule has 3 heteroatoms. The van der Waals surface area contributed by atoms with Crippen LogP contribution in [0.15, 0.2) is 0 Å². The van der Waals surface area contributed by atoms with E-state index in [-0.39, 0.29) is 0 Å². The summed E-state index contributed by atoms with van der Waals surface area (Å²) in [5.74, 6) is 1.10. The maximum Gasteiger partial charge on any atom is 0.0667 e. The van der Waals surface area contributed by atoms with Gasteiger partial charge >= 0.3 is 0 Å². The molecule has 0 radical (unpaired) electrons. The molecule has 1 heterocycles. The van der Waals surface area contributed by atoms with Gasteiger partial charge in [0.05, 0.1) is 12.0 Å². The highest BCUT2D eigenvalue weighted by molar-refractivity contribution is 8.00. The Labute approximate surface area is 103 Å². The molecular formula is C13H21NOS. The van der Waals surface area contributed by atoms with Crippen LogP contribution in [0.3, 0.4) is 0 Å². The molecule has 3 unspecified atom stereocenters. The summed E-state index contributed by atoms with van der Waals surface area (Å²) < 4.78 is 5.38. The fraction of sp³-hybridized carbons (Fsp3) is 0.923. The van der Waals surface area contributed by atoms with Crippen molar-refractivity contribution in [3.8, 4) is 6.07 Å². The minimum Gasteiger partial charge on any atom is -0.381 e. The van der Waals surface area contributed by atoms with Gasteiger partial charge in [0.15, 0.2) is 0 Å². The molecule has 1 saturated heterocycles. The molecule has 0 aromatic heterocycles. The Morgan fingerprint density at radius 2 is 1.94 bits per heavy atom. The van der Waals surface area contributed by atoms with Crippen molar-refractivity contribution in [2.75, 3.05) is 13.2 Å². The molecule has 1 aliphatic carbocycles. The molecule has 0 aromatic rings. The number of hydrogen-bond donors (Lipinski definition) is 0. The van der Waals surface area contributed by atoms with Gasteiger partial charge in [0.1, 0.15) is 0 Å². The third-order valence-corrected chi connectivity index (χ3v) is 5.48. The highest BCUT2D eigenvalue weighted by Crippen LogP contribution is 2.39. The average Bonchev–Trinajstić information content (AvgIpc) is 2.31. The van der Waals surface area contributed by atoms with E-state index >= 15 is 0 Å². The molecule has 0 spiro atoms. The Balaban J connectivity index is 1.87. The Morgan fingerprint density at radius 1 is 1.19 bits per heavy atom. The zero-order chi connectivity index (χ0) is 11.4. The van der Waals surface area contributed by atoms with Gasteiger partial charge in [0.2, 0.25) is 0 Å². The van der Waals surface area contributed by atoms with Crippen LogP contribution in [0, 0.1) is 23.2 Å². The Morgan fingerprint density at radius 3 is 2.62 bits per heavy atom. The van der Waals surface area contributed by atoms with Crippen molar-refractivity contribution in [2.45, 2.75) is 49.5 Å². The van der Waals surface area contributed by atoms with Gasteiger partial charge in [-0.2, -0.15) is 17.0 Å². The van der Waals surface area contributed by atoms with Crippen LogP contribution in [0.2, 0.25) is 0 Å². The summed E-state index contributed by atoms with van der Waals surface area (Å²) in [6, 6.07) is 2.51. The van der Waals surface area contributed by atoms with E-state index in [1.165, 1.54) is 25.7 Å². The van der Waals surface area contributed by atoms with E-state index in [1.54, 1.807) is 0 Å². The maximum absolute atomic E-state index is 9.19. The highest BCUT2D eigenvalue weighted by Gasteiger charge is 2.31. The smallest absolute Gasteiger partial charge is 0.0667 e. The Kier molecular flexibility index (Phi) is 4.55. The Bertz CT molecular complexity index is 257. The van der Waals surface area contributed by atoms with Crippen molar-refractivity contribution in [1.29, 1.82) is 5.26 Å². The fourth-order valence-electron chi connectivity index (χ4n) is 2.69. The number of thioether (sulfide) groups is 1. The molecule has 1 saturated carbocycles. The first-order valence-corrected chi connectivity index (χ1v) is 7.36. The number of hydrogen-bond acceptors (Lipinski definition) is 3. The second-order valence-corrected chi connectivity index (χ2v) is 6.68. The average molecular weight is 239 g/mol. The molecule has 0 bridgehead atoms. The van der Waals surface area contributed by atoms with Crippen molar-refractivity contribution in [3.05, 3.63) is 0 Å². The predicted molar refractivity (Wildman–Crippen MR) is 67.3 cm³/mol. The monoisotopic (exact) mass is 239 g/mol. The fourth-order valence-corrected chi connectivity index (χ4v) is 4.47. The summed E-state index contributed by atoms with van der Waals surface area (Å²) in [5.41, 5.74) is 0. The lowest BCUT2D eigenvalue weighted by atomic mass is 9.83. The van der Waals surface area contributed by atoms with Gasteiger partial charge in [-0.05, 0) is 38.0 Å². The molecule has 2 nitrogen and oxygen atoms in total. The van der Waals surface area contributed by atoms with Crippen molar-refractivity contribution in [3.63, 3.8) is 0 Å². The molecule has 16 heavy (non-hydrogen) atoms. The first kappa shape index (κ1) is 12.3. The molecule has 0 N–H and O–H groups in total. The SMILES string of the molecule is CC1CCC(C#N)C(SC2CCOCC2)C1. The lowest BCUT2D eigenvalue weighted by Gasteiger charge is -2.34. The summed E-state index contributed by atoms with van der Waals surface area (Å²) in [4.78, 5) is 0. The van der Waals surface area contributed by atoms with Gasteiger partial charge in [-0.15, -0.1) is 0 Å². The number of nitriles is 1. The van der Waals surface area contributed by atoms with Gasteiger partial charge in [-0.1, -0.05) is 6.92 Å². The topological polar surface area (TPSA) is 33.0 Å². The van der Waals surface area contributed by atoms with Crippen molar-refractivity contribution < 1.29 is 4.74 Å². The van der Waals surface area contributed by atoms with Crippen LogP contribution < -0.4 is 0 Å². The molecular weight excluding hydrogens is 218 g/mol. The molecule has 2 aliphatic rings. The molecule has 1 aliphatic heterocycles. The maximum atomic E-state index is 9.19. The van der Waals surface area contributed by atoms with Crippen LogP contribution in [0.5, 0.6) is 0 Å². The van der Waals surface area contributed by atoms with E-state index in [4.69, 9.17) is 4.74 Å². The lowest BCUT2D eigenvalue weighted by molar-refractivity contribution is 0.0998. The first-order valence-electron chi connectivity index (χ1n) is 6.42. The zero-order valence-corrected chi connectivity index (χ0v) is 10.8. The second kappa shape index (κ2) is 5.93. The van der Waals surface area contributed by atoms with E-state index in [0.717, 1.165) is 30.8 Å². The van der Waals surface area contributed by atoms with Crippen LogP contribution >= 0.6 is 11.8 Å². The zero-order valence-electron chi connectivity index (χ0n) is 10.0. The summed E-state index contributed by atoms with van der Waals surface area (Å²) in [7, 11) is 0. The summed E-state index contributed by atoms with van der Waals surface area (Å²) in [6.45, 7) is 4.15. The molecule has 2 fully saturated rings. The van der Waals surface area contributed by atoms with Crippen LogP contribution in [-0.2, 0) is 4.74 Å². The number of ether oxygens (including phenoxy) is 1. The van der Waals surface area contributed by atoms with Crippen LogP contribution in [-0.4, -0.2) is 23.7 Å². The largest absolute Gasteiger partial charge is 0.381 e. The highest BCUT2D eigenvalue weighted by atomic mass is 32.2. The normalized spacial score (nSPS) is 36.9. The molecule has 2 rings (SSSR count). The second-order valence-electron chi connectivity index (χ2n) is 5.14. The molecule has 0 amide bonds. The Hall–Kier alpha value is -0.200. The third-order valence-electron chi connectivity index (χ3n) is 3.76. The third kappa shape index (κ3) is 3.15. The van der Waals surface area contributed by atoms with Crippen molar-refractivity contribution >= 4 is 11.8 Å². The van der Waals surface area contributed by atoms with Crippen molar-refractivity contribution in [1.82, 2.24) is 0 Å². The number of rotatable bonds is 2. The quantitative estimate of drug-likeness (QED) is 0.741. The van der Waals surface area contributed by atoms with Crippen LogP contribution in [0.1, 0.15) is 39.0 Å². The van der Waals surface area contributed by atoms with E-state index in [0.29, 0.717) is 11.2 Å². The number of nitrogens with zero attached hydrogens (tertiary/aromatic N) is 1. The van der Waals surface area contributed by atoms with Gasteiger partial charge in [-0.25, -0.2) is 0 Å². The van der Waals surface area contributed by atoms with Gasteiger partial charge in [-0.3, -0.25) is 0 Å². The predicted octanol–water partition coefficient (Wildman–Crippen LogP) is 3.23. The summed E-state index contributed by atoms with van der Waals surface area (Å²) in [5, 5.41) is 10.5. The van der Waals surface area contributed by atoms with Crippen LogP contribution in [0.4, 0.5) is 0 Å². The first-order chi connectivity index (χ1) is 7.79. The van der Waals surface area contributed by atoms with E-state index in [1.807, 2.05) is 0 Å². The van der Waals surface area contributed by atoms with Gasteiger partial charge in [0.25, 0.3) is 0 Å². The standard InChI is InChI=1S/C13H21NOS/c1-10-2-3-11(9-14)13(8-10)16-12-4-6-15-7-5-12/h10-13H,2-8H2,1H3. The minimum atomic E-state index is 0.295. The van der Waals surface area contributed by atoms with E-state index in [2.05, 4.69) is 24.8 Å². The van der Waals surface area contributed by atoms with E-state index < -0.39 is 0 Å². The minimum absolute atomic E-state index is 0.295. The van der Waals surface area contributed by atoms with Crippen LogP contribution in [0.25, 0.3) is 0 Å². The molecule has 0 aromatic carbocycles. The van der Waals surface area contributed by atoms with Gasteiger partial charge in [0, 0.05) is 23.7 Å². The van der Waals surface area contributed by atoms with Crippen molar-refractivity contribution in [2.24, 2.45) is 11.8 Å². The lowest BCUT2D eigenvalue weighted by Crippen LogP contribution is -2.29.